The van der Waals surface area contributed by atoms with Crippen LogP contribution in [0.2, 0.25) is 0 Å². The topological polar surface area (TPSA) is 69.7 Å². The number of anilines is 1. The molecule has 2 aromatic carbocycles. The highest BCUT2D eigenvalue weighted by Crippen LogP contribution is 2.33. The number of carbonyl (C=O) groups excluding carboxylic acids is 3. The van der Waals surface area contributed by atoms with Crippen LogP contribution in [0.1, 0.15) is 71.2 Å². The van der Waals surface area contributed by atoms with Gasteiger partial charge in [0.25, 0.3) is 11.8 Å². The Balaban J connectivity index is 1.41. The molecule has 2 aromatic rings. The highest BCUT2D eigenvalue weighted by molar-refractivity contribution is 6.11. The van der Waals surface area contributed by atoms with Crippen molar-refractivity contribution in [2.75, 3.05) is 11.4 Å². The van der Waals surface area contributed by atoms with Crippen molar-refractivity contribution in [3.8, 4) is 0 Å². The van der Waals surface area contributed by atoms with Gasteiger partial charge in [-0.25, -0.2) is 0 Å². The van der Waals surface area contributed by atoms with Crippen molar-refractivity contribution in [3.63, 3.8) is 0 Å². The van der Waals surface area contributed by atoms with Crippen LogP contribution in [0.5, 0.6) is 0 Å². The minimum Gasteiger partial charge on any atom is -0.349 e. The molecule has 6 heteroatoms. The lowest BCUT2D eigenvalue weighted by Gasteiger charge is -2.26. The molecule has 1 aliphatic carbocycles. The number of para-hydroxylation sites is 1. The number of benzene rings is 2. The molecule has 1 saturated carbocycles. The van der Waals surface area contributed by atoms with Crippen LogP contribution in [0.25, 0.3) is 0 Å². The summed E-state index contributed by atoms with van der Waals surface area (Å²) in [7, 11) is 0. The molecule has 1 N–H and O–H groups in total. The van der Waals surface area contributed by atoms with Gasteiger partial charge in [0, 0.05) is 18.2 Å². The average Bonchev–Trinajstić information content (AvgIpc) is 3.30. The Morgan fingerprint density at radius 1 is 0.938 bits per heavy atom. The molecule has 0 radical (unpaired) electrons. The lowest BCUT2D eigenvalue weighted by molar-refractivity contribution is -0.122. The van der Waals surface area contributed by atoms with Gasteiger partial charge >= 0.3 is 0 Å². The third-order valence-corrected chi connectivity index (χ3v) is 6.96. The van der Waals surface area contributed by atoms with Crippen LogP contribution >= 0.6 is 0 Å². The largest absolute Gasteiger partial charge is 0.349 e. The van der Waals surface area contributed by atoms with Crippen molar-refractivity contribution >= 4 is 23.4 Å². The van der Waals surface area contributed by atoms with Crippen molar-refractivity contribution in [3.05, 3.63) is 65.2 Å². The third-order valence-electron chi connectivity index (χ3n) is 6.96. The number of fused-ring (bicyclic) bond motifs is 2. The molecule has 1 saturated heterocycles. The molecule has 3 aliphatic rings. The fourth-order valence-corrected chi connectivity index (χ4v) is 5.28. The predicted octanol–water partition coefficient (Wildman–Crippen LogP) is 3.90. The molecule has 1 atom stereocenters. The Bertz CT molecular complexity index is 1040. The highest BCUT2D eigenvalue weighted by atomic mass is 16.2. The fraction of sp³-hybridized carbons (Fsp3) is 0.423. The van der Waals surface area contributed by atoms with Crippen LogP contribution in [0, 0.1) is 0 Å². The van der Waals surface area contributed by atoms with E-state index in [1.807, 2.05) is 42.5 Å². The Kier molecular flexibility index (Phi) is 5.68. The van der Waals surface area contributed by atoms with Crippen LogP contribution in [-0.2, 0) is 11.3 Å². The maximum Gasteiger partial charge on any atom is 0.256 e. The normalized spacial score (nSPS) is 21.2. The lowest BCUT2D eigenvalue weighted by atomic mass is 9.95. The Morgan fingerprint density at radius 2 is 1.75 bits per heavy atom. The monoisotopic (exact) mass is 431 g/mol. The number of hydrogen-bond donors (Lipinski definition) is 1. The van der Waals surface area contributed by atoms with Crippen molar-refractivity contribution in [1.82, 2.24) is 10.2 Å². The lowest BCUT2D eigenvalue weighted by Crippen LogP contribution is -2.44. The Hall–Kier alpha value is -3.15. The number of nitrogens with zero attached hydrogens (tertiary/aromatic N) is 2. The van der Waals surface area contributed by atoms with Gasteiger partial charge in [0.1, 0.15) is 6.04 Å². The minimum atomic E-state index is -0.410. The first kappa shape index (κ1) is 20.7. The summed E-state index contributed by atoms with van der Waals surface area (Å²) in [5.74, 6) is -0.170. The van der Waals surface area contributed by atoms with Gasteiger partial charge in [-0.15, -0.1) is 0 Å². The van der Waals surface area contributed by atoms with Gasteiger partial charge in [-0.05, 0) is 55.5 Å². The summed E-state index contributed by atoms with van der Waals surface area (Å²) in [4.78, 5) is 42.8. The Labute approximate surface area is 188 Å². The van der Waals surface area contributed by atoms with Crippen LogP contribution in [0.15, 0.2) is 48.5 Å². The first-order valence-electron chi connectivity index (χ1n) is 11.7. The second-order valence-corrected chi connectivity index (χ2v) is 9.11. The molecule has 2 aliphatic heterocycles. The molecule has 32 heavy (non-hydrogen) atoms. The summed E-state index contributed by atoms with van der Waals surface area (Å²) in [6.45, 7) is 0.951. The zero-order valence-corrected chi connectivity index (χ0v) is 18.3. The zero-order valence-electron chi connectivity index (χ0n) is 18.3. The van der Waals surface area contributed by atoms with Crippen LogP contribution in [0.4, 0.5) is 5.69 Å². The van der Waals surface area contributed by atoms with Crippen molar-refractivity contribution in [1.29, 1.82) is 0 Å². The van der Waals surface area contributed by atoms with Crippen molar-refractivity contribution in [2.45, 2.75) is 63.6 Å². The molecule has 3 amide bonds. The molecule has 2 fully saturated rings. The quantitative estimate of drug-likeness (QED) is 0.798. The average molecular weight is 432 g/mol. The summed E-state index contributed by atoms with van der Waals surface area (Å²) < 4.78 is 0. The summed E-state index contributed by atoms with van der Waals surface area (Å²) in [6, 6.07) is 14.7. The molecule has 2 heterocycles. The van der Waals surface area contributed by atoms with E-state index in [0.717, 1.165) is 24.8 Å². The van der Waals surface area contributed by atoms with E-state index in [2.05, 4.69) is 5.32 Å². The number of rotatable bonds is 4. The fourth-order valence-electron chi connectivity index (χ4n) is 5.28. The number of amides is 3. The molecule has 6 nitrogen and oxygen atoms in total. The van der Waals surface area contributed by atoms with Gasteiger partial charge in [0.2, 0.25) is 5.91 Å². The summed E-state index contributed by atoms with van der Waals surface area (Å²) in [6.07, 6.45) is 7.19. The first-order valence-corrected chi connectivity index (χ1v) is 11.7. The molecular formula is C26H29N3O3. The number of nitrogens with one attached hydrogen (secondary N) is 1. The molecule has 0 aromatic heterocycles. The Morgan fingerprint density at radius 3 is 2.59 bits per heavy atom. The van der Waals surface area contributed by atoms with E-state index in [1.165, 1.54) is 19.3 Å². The smallest absolute Gasteiger partial charge is 0.256 e. The number of carbonyl (C=O) groups is 3. The second-order valence-electron chi connectivity index (χ2n) is 9.11. The van der Waals surface area contributed by atoms with E-state index in [9.17, 15) is 14.4 Å². The predicted molar refractivity (Wildman–Crippen MR) is 122 cm³/mol. The highest BCUT2D eigenvalue weighted by Gasteiger charge is 2.41. The molecule has 5 rings (SSSR count). The van der Waals surface area contributed by atoms with E-state index in [0.29, 0.717) is 36.3 Å². The van der Waals surface area contributed by atoms with Gasteiger partial charge in [-0.2, -0.15) is 0 Å². The van der Waals surface area contributed by atoms with Gasteiger partial charge < -0.3 is 15.1 Å². The van der Waals surface area contributed by atoms with Crippen molar-refractivity contribution < 1.29 is 14.4 Å². The summed E-state index contributed by atoms with van der Waals surface area (Å²) >= 11 is 0. The maximum absolute atomic E-state index is 13.5. The molecule has 0 bridgehead atoms. The van der Waals surface area contributed by atoms with Crippen molar-refractivity contribution in [2.24, 2.45) is 0 Å². The van der Waals surface area contributed by atoms with E-state index in [1.54, 1.807) is 15.9 Å². The molecular weight excluding hydrogens is 402 g/mol. The van der Waals surface area contributed by atoms with Gasteiger partial charge in [0.15, 0.2) is 0 Å². The van der Waals surface area contributed by atoms with E-state index >= 15 is 0 Å². The summed E-state index contributed by atoms with van der Waals surface area (Å²) in [5, 5.41) is 3.17. The van der Waals surface area contributed by atoms with Crippen LogP contribution < -0.4 is 10.2 Å². The van der Waals surface area contributed by atoms with Crippen LogP contribution in [-0.4, -0.2) is 41.2 Å². The minimum absolute atomic E-state index is 0.0436. The summed E-state index contributed by atoms with van der Waals surface area (Å²) in [5.41, 5.74) is 2.70. The standard InChI is InChI=1S/C26H29N3O3/c30-24(27-20-10-2-1-3-11-20)19-9-6-8-18(16-19)17-29-22-13-5-4-12-21(22)25(31)28-15-7-14-23(28)26(29)32/h4-6,8-9,12-13,16,20,23H,1-3,7,10-11,14-15,17H2,(H,27,30)/t23-/m0/s1. The van der Waals surface area contributed by atoms with E-state index < -0.39 is 6.04 Å². The van der Waals surface area contributed by atoms with E-state index in [-0.39, 0.29) is 23.8 Å². The van der Waals surface area contributed by atoms with Gasteiger partial charge in [-0.3, -0.25) is 14.4 Å². The van der Waals surface area contributed by atoms with Gasteiger partial charge in [0.05, 0.1) is 17.8 Å². The van der Waals surface area contributed by atoms with E-state index in [4.69, 9.17) is 0 Å². The third kappa shape index (κ3) is 3.90. The second kappa shape index (κ2) is 8.77. The maximum atomic E-state index is 13.5. The molecule has 0 unspecified atom stereocenters. The zero-order chi connectivity index (χ0) is 22.1. The van der Waals surface area contributed by atoms with Crippen LogP contribution in [0.3, 0.4) is 0 Å². The molecule has 0 spiro atoms. The first-order chi connectivity index (χ1) is 15.6. The SMILES string of the molecule is O=C(NC1CCCCC1)c1cccc(CN2C(=O)[C@@H]3CCCN3C(=O)c3ccccc32)c1. The number of hydrogen-bond acceptors (Lipinski definition) is 3. The molecule has 166 valence electrons. The van der Waals surface area contributed by atoms with Gasteiger partial charge in [-0.1, -0.05) is 43.5 Å².